The van der Waals surface area contributed by atoms with Crippen molar-refractivity contribution in [1.29, 1.82) is 0 Å². The summed E-state index contributed by atoms with van der Waals surface area (Å²) in [7, 11) is 1.90. The third-order valence-electron chi connectivity index (χ3n) is 3.65. The molecule has 1 aliphatic carbocycles. The fraction of sp³-hybridized carbons (Fsp3) is 0.538. The van der Waals surface area contributed by atoms with Gasteiger partial charge in [0, 0.05) is 25.0 Å². The Morgan fingerprint density at radius 1 is 1.65 bits per heavy atom. The van der Waals surface area contributed by atoms with E-state index >= 15 is 0 Å². The Morgan fingerprint density at radius 3 is 2.95 bits per heavy atom. The molecule has 0 aliphatic heterocycles. The Balaban J connectivity index is 0.00000147. The Hall–Kier alpha value is -1.11. The minimum Gasteiger partial charge on any atom is -0.350 e. The molecule has 2 aromatic heterocycles. The van der Waals surface area contributed by atoms with Crippen LogP contribution in [-0.4, -0.2) is 28.3 Å². The number of carbonyl (C=O) groups is 1. The summed E-state index contributed by atoms with van der Waals surface area (Å²) in [4.78, 5) is 13.9. The van der Waals surface area contributed by atoms with Crippen molar-refractivity contribution < 1.29 is 4.79 Å². The number of fused-ring (bicyclic) bond motifs is 1. The molecule has 110 valence electrons. The second-order valence-electron chi connectivity index (χ2n) is 5.25. The SMILES string of the molecule is Cc1nn(C)c2sc(C(=O)NCC(N)C3CC3)cc12.Cl. The number of nitrogens with two attached hydrogens (primary N) is 1. The van der Waals surface area contributed by atoms with E-state index in [1.54, 1.807) is 0 Å². The minimum atomic E-state index is -0.0308. The molecule has 1 saturated carbocycles. The second kappa shape index (κ2) is 5.71. The lowest BCUT2D eigenvalue weighted by Crippen LogP contribution is -2.38. The highest BCUT2D eigenvalue weighted by Gasteiger charge is 2.28. The molecule has 1 aliphatic rings. The van der Waals surface area contributed by atoms with E-state index in [4.69, 9.17) is 5.73 Å². The van der Waals surface area contributed by atoms with Crippen molar-refractivity contribution in [3.63, 3.8) is 0 Å². The smallest absolute Gasteiger partial charge is 0.261 e. The normalized spacial score (nSPS) is 15.9. The third kappa shape index (κ3) is 2.82. The molecule has 2 heterocycles. The molecule has 0 radical (unpaired) electrons. The van der Waals surface area contributed by atoms with E-state index in [-0.39, 0.29) is 24.4 Å². The number of nitrogens with zero attached hydrogens (tertiary/aromatic N) is 2. The zero-order valence-electron chi connectivity index (χ0n) is 11.5. The van der Waals surface area contributed by atoms with Crippen LogP contribution < -0.4 is 11.1 Å². The van der Waals surface area contributed by atoms with Crippen LogP contribution in [0.2, 0.25) is 0 Å². The number of aryl methyl sites for hydroxylation is 2. The monoisotopic (exact) mass is 314 g/mol. The van der Waals surface area contributed by atoms with Crippen molar-refractivity contribution in [2.45, 2.75) is 25.8 Å². The lowest BCUT2D eigenvalue weighted by atomic mass is 10.2. The summed E-state index contributed by atoms with van der Waals surface area (Å²) in [5.41, 5.74) is 6.94. The van der Waals surface area contributed by atoms with Crippen molar-refractivity contribution in [3.8, 4) is 0 Å². The van der Waals surface area contributed by atoms with Crippen LogP contribution in [0, 0.1) is 12.8 Å². The molecule has 1 fully saturated rings. The van der Waals surface area contributed by atoms with Gasteiger partial charge in [-0.3, -0.25) is 9.48 Å². The van der Waals surface area contributed by atoms with E-state index in [2.05, 4.69) is 10.4 Å². The molecule has 0 spiro atoms. The van der Waals surface area contributed by atoms with Gasteiger partial charge in [0.25, 0.3) is 5.91 Å². The maximum atomic E-state index is 12.1. The summed E-state index contributed by atoms with van der Waals surface area (Å²) >= 11 is 1.48. The van der Waals surface area contributed by atoms with Gasteiger partial charge in [-0.2, -0.15) is 5.10 Å². The number of nitrogens with one attached hydrogen (secondary N) is 1. The van der Waals surface area contributed by atoms with Crippen LogP contribution >= 0.6 is 23.7 Å². The van der Waals surface area contributed by atoms with E-state index < -0.39 is 0 Å². The number of carbonyl (C=O) groups excluding carboxylic acids is 1. The Bertz CT molecular complexity index is 597. The quantitative estimate of drug-likeness (QED) is 0.904. The summed E-state index contributed by atoms with van der Waals surface area (Å²) in [5.74, 6) is 0.575. The average Bonchev–Trinajstić information content (AvgIpc) is 3.07. The molecule has 0 saturated heterocycles. The summed E-state index contributed by atoms with van der Waals surface area (Å²) in [6, 6.07) is 2.02. The molecule has 1 unspecified atom stereocenters. The predicted molar refractivity (Wildman–Crippen MR) is 83.6 cm³/mol. The van der Waals surface area contributed by atoms with Crippen LogP contribution in [0.3, 0.4) is 0 Å². The van der Waals surface area contributed by atoms with E-state index in [0.29, 0.717) is 12.5 Å². The molecule has 2 aromatic rings. The highest BCUT2D eigenvalue weighted by molar-refractivity contribution is 7.20. The summed E-state index contributed by atoms with van der Waals surface area (Å²) < 4.78 is 1.82. The first kappa shape index (κ1) is 15.3. The summed E-state index contributed by atoms with van der Waals surface area (Å²) in [6.07, 6.45) is 2.40. The van der Waals surface area contributed by atoms with Crippen molar-refractivity contribution in [2.75, 3.05) is 6.54 Å². The van der Waals surface area contributed by atoms with Gasteiger partial charge in [0.2, 0.25) is 0 Å². The Labute approximate surface area is 127 Å². The first-order chi connectivity index (χ1) is 9.06. The van der Waals surface area contributed by atoms with Crippen LogP contribution in [0.1, 0.15) is 28.2 Å². The zero-order valence-corrected chi connectivity index (χ0v) is 13.2. The molecule has 0 aromatic carbocycles. The summed E-state index contributed by atoms with van der Waals surface area (Å²) in [6.45, 7) is 2.52. The van der Waals surface area contributed by atoms with Crippen LogP contribution in [0.25, 0.3) is 10.2 Å². The fourth-order valence-corrected chi connectivity index (χ4v) is 3.35. The van der Waals surface area contributed by atoms with Crippen molar-refractivity contribution in [2.24, 2.45) is 18.7 Å². The van der Waals surface area contributed by atoms with Gasteiger partial charge in [-0.05, 0) is 31.7 Å². The van der Waals surface area contributed by atoms with E-state index in [1.807, 2.05) is 24.7 Å². The largest absolute Gasteiger partial charge is 0.350 e. The predicted octanol–water partition coefficient (Wildman–Crippen LogP) is 1.83. The maximum Gasteiger partial charge on any atom is 0.261 e. The Kier molecular flexibility index (Phi) is 4.36. The molecule has 7 heteroatoms. The average molecular weight is 315 g/mol. The minimum absolute atomic E-state index is 0. The van der Waals surface area contributed by atoms with Gasteiger partial charge < -0.3 is 11.1 Å². The molecular weight excluding hydrogens is 296 g/mol. The lowest BCUT2D eigenvalue weighted by molar-refractivity contribution is 0.0954. The number of thiophene rings is 1. The number of rotatable bonds is 4. The molecule has 1 amide bonds. The first-order valence-electron chi connectivity index (χ1n) is 6.53. The molecule has 5 nitrogen and oxygen atoms in total. The first-order valence-corrected chi connectivity index (χ1v) is 7.35. The van der Waals surface area contributed by atoms with Gasteiger partial charge in [-0.15, -0.1) is 23.7 Å². The van der Waals surface area contributed by atoms with Gasteiger partial charge >= 0.3 is 0 Å². The number of hydrogen-bond donors (Lipinski definition) is 2. The number of amides is 1. The lowest BCUT2D eigenvalue weighted by Gasteiger charge is -2.10. The standard InChI is InChI=1S/C13H18N4OS.ClH/c1-7-9-5-11(19-13(9)17(2)16-7)12(18)15-6-10(14)8-3-4-8;/h5,8,10H,3-4,6,14H2,1-2H3,(H,15,18);1H. The zero-order chi connectivity index (χ0) is 13.6. The number of hydrogen-bond acceptors (Lipinski definition) is 4. The number of halogens is 1. The maximum absolute atomic E-state index is 12.1. The van der Waals surface area contributed by atoms with Crippen LogP contribution in [0.5, 0.6) is 0 Å². The molecule has 3 rings (SSSR count). The molecule has 20 heavy (non-hydrogen) atoms. The molecule has 3 N–H and O–H groups in total. The van der Waals surface area contributed by atoms with Gasteiger partial charge in [-0.1, -0.05) is 0 Å². The highest BCUT2D eigenvalue weighted by Crippen LogP contribution is 2.31. The van der Waals surface area contributed by atoms with Gasteiger partial charge in [-0.25, -0.2) is 0 Å². The van der Waals surface area contributed by atoms with Gasteiger partial charge in [0.1, 0.15) is 4.83 Å². The molecular formula is C13H19ClN4OS. The van der Waals surface area contributed by atoms with Crippen LogP contribution in [-0.2, 0) is 7.05 Å². The third-order valence-corrected chi connectivity index (χ3v) is 4.85. The van der Waals surface area contributed by atoms with E-state index in [0.717, 1.165) is 20.8 Å². The van der Waals surface area contributed by atoms with Crippen molar-refractivity contribution in [3.05, 3.63) is 16.6 Å². The van der Waals surface area contributed by atoms with Crippen LogP contribution in [0.15, 0.2) is 6.07 Å². The summed E-state index contributed by atoms with van der Waals surface area (Å²) in [5, 5.41) is 8.32. The Morgan fingerprint density at radius 2 is 2.35 bits per heavy atom. The molecule has 0 bridgehead atoms. The fourth-order valence-electron chi connectivity index (χ4n) is 2.31. The topological polar surface area (TPSA) is 72.9 Å². The van der Waals surface area contributed by atoms with Gasteiger partial charge in [0.05, 0.1) is 10.6 Å². The van der Waals surface area contributed by atoms with E-state index in [1.165, 1.54) is 24.2 Å². The second-order valence-corrected chi connectivity index (χ2v) is 6.28. The molecule has 1 atom stereocenters. The highest BCUT2D eigenvalue weighted by atomic mass is 35.5. The van der Waals surface area contributed by atoms with Crippen molar-refractivity contribution >= 4 is 39.9 Å². The van der Waals surface area contributed by atoms with Gasteiger partial charge in [0.15, 0.2) is 0 Å². The number of aromatic nitrogens is 2. The van der Waals surface area contributed by atoms with Crippen LogP contribution in [0.4, 0.5) is 0 Å². The van der Waals surface area contributed by atoms with E-state index in [9.17, 15) is 4.79 Å². The van der Waals surface area contributed by atoms with Crippen molar-refractivity contribution in [1.82, 2.24) is 15.1 Å².